The lowest BCUT2D eigenvalue weighted by Gasteiger charge is -2.19. The zero-order valence-corrected chi connectivity index (χ0v) is 22.5. The molecule has 1 aliphatic rings. The smallest absolute Gasteiger partial charge is 0.274 e. The highest BCUT2D eigenvalue weighted by Crippen LogP contribution is 2.33. The van der Waals surface area contributed by atoms with E-state index in [9.17, 15) is 13.2 Å². The highest BCUT2D eigenvalue weighted by atomic mass is 32.2. The molecule has 1 fully saturated rings. The second-order valence-corrected chi connectivity index (χ2v) is 11.3. The summed E-state index contributed by atoms with van der Waals surface area (Å²) >= 11 is 0. The zero-order valence-electron chi connectivity index (χ0n) is 21.6. The summed E-state index contributed by atoms with van der Waals surface area (Å²) in [5.41, 5.74) is 2.12. The Hall–Kier alpha value is -2.69. The highest BCUT2D eigenvalue weighted by molar-refractivity contribution is 7.89. The van der Waals surface area contributed by atoms with Crippen molar-refractivity contribution in [2.24, 2.45) is 7.05 Å². The Morgan fingerprint density at radius 3 is 2.69 bits per heavy atom. The van der Waals surface area contributed by atoms with Crippen molar-refractivity contribution < 1.29 is 13.2 Å². The molecule has 4 rings (SSSR count). The van der Waals surface area contributed by atoms with E-state index in [-0.39, 0.29) is 10.5 Å². The van der Waals surface area contributed by atoms with Crippen molar-refractivity contribution in [2.45, 2.75) is 63.3 Å². The number of sulfonamides is 1. The van der Waals surface area contributed by atoms with Crippen LogP contribution in [0.1, 0.15) is 51.6 Å². The van der Waals surface area contributed by atoms with Crippen LogP contribution in [0.5, 0.6) is 5.75 Å². The zero-order chi connectivity index (χ0) is 25.9. The minimum absolute atomic E-state index is 0.141. The number of H-pyrrole nitrogens is 1. The van der Waals surface area contributed by atoms with E-state index in [1.54, 1.807) is 29.9 Å². The van der Waals surface area contributed by atoms with Crippen molar-refractivity contribution >= 4 is 20.9 Å². The molecule has 10 heteroatoms. The first-order chi connectivity index (χ1) is 17.2. The summed E-state index contributed by atoms with van der Waals surface area (Å²) < 4.78 is 36.6. The van der Waals surface area contributed by atoms with Gasteiger partial charge < -0.3 is 14.6 Å². The molecule has 0 spiro atoms. The van der Waals surface area contributed by atoms with Gasteiger partial charge in [0.1, 0.15) is 11.3 Å². The first-order valence-electron chi connectivity index (χ1n) is 12.8. The van der Waals surface area contributed by atoms with Crippen molar-refractivity contribution in [3.8, 4) is 17.0 Å². The van der Waals surface area contributed by atoms with Crippen LogP contribution in [0.3, 0.4) is 0 Å². The molecular weight excluding hydrogens is 478 g/mol. The molecule has 1 aliphatic heterocycles. The molecule has 0 aliphatic carbocycles. The van der Waals surface area contributed by atoms with E-state index < -0.39 is 10.0 Å². The second kappa shape index (κ2) is 11.1. The molecular formula is C26H37N5O4S. The van der Waals surface area contributed by atoms with Crippen LogP contribution in [-0.4, -0.2) is 60.9 Å². The summed E-state index contributed by atoms with van der Waals surface area (Å²) in [4.78, 5) is 18.4. The molecule has 9 nitrogen and oxygen atoms in total. The molecule has 196 valence electrons. The van der Waals surface area contributed by atoms with E-state index in [2.05, 4.69) is 33.7 Å². The fourth-order valence-electron chi connectivity index (χ4n) is 4.96. The summed E-state index contributed by atoms with van der Waals surface area (Å²) in [6.07, 6.45) is 5.45. The molecule has 2 aromatic heterocycles. The third-order valence-electron chi connectivity index (χ3n) is 6.85. The lowest BCUT2D eigenvalue weighted by atomic mass is 10.1. The number of rotatable bonds is 11. The predicted octanol–water partition coefficient (Wildman–Crippen LogP) is 3.43. The molecule has 1 saturated heterocycles. The Kier molecular flexibility index (Phi) is 8.17. The van der Waals surface area contributed by atoms with Gasteiger partial charge in [0.15, 0.2) is 0 Å². The van der Waals surface area contributed by atoms with E-state index in [0.717, 1.165) is 56.1 Å². The quantitative estimate of drug-likeness (QED) is 0.405. The number of ether oxygens (including phenoxy) is 1. The Bertz CT molecular complexity index is 1380. The first-order valence-corrected chi connectivity index (χ1v) is 14.3. The number of aromatic amines is 1. The number of benzene rings is 1. The van der Waals surface area contributed by atoms with Gasteiger partial charge in [-0.2, -0.15) is 5.10 Å². The minimum atomic E-state index is -3.74. The van der Waals surface area contributed by atoms with Crippen molar-refractivity contribution in [1.82, 2.24) is 24.4 Å². The van der Waals surface area contributed by atoms with Gasteiger partial charge in [-0.05, 0) is 70.0 Å². The average molecular weight is 516 g/mol. The van der Waals surface area contributed by atoms with E-state index in [0.29, 0.717) is 41.7 Å². The van der Waals surface area contributed by atoms with E-state index in [4.69, 9.17) is 4.74 Å². The molecule has 0 radical (unpaired) electrons. The minimum Gasteiger partial charge on any atom is -0.493 e. The first kappa shape index (κ1) is 26.4. The standard InChI is InChI=1S/C26H37N5O4S/c1-5-8-22-21-17-23(28-26(32)25(21)31(4)29-22)20-16-19(10-11-24(20)35-15-6-2)36(33,34)27-13-12-18-9-7-14-30(18)3/h10-11,16-18,27H,5-9,12-15H2,1-4H3,(H,28,32). The van der Waals surface area contributed by atoms with Crippen molar-refractivity contribution in [3.63, 3.8) is 0 Å². The molecule has 1 aromatic carbocycles. The Morgan fingerprint density at radius 1 is 1.19 bits per heavy atom. The van der Waals surface area contributed by atoms with Gasteiger partial charge in [-0.3, -0.25) is 9.48 Å². The summed E-state index contributed by atoms with van der Waals surface area (Å²) in [6, 6.07) is 7.09. The molecule has 0 amide bonds. The Balaban J connectivity index is 1.70. The van der Waals surface area contributed by atoms with Gasteiger partial charge in [-0.1, -0.05) is 20.3 Å². The molecule has 1 atom stereocenters. The van der Waals surface area contributed by atoms with Crippen LogP contribution < -0.4 is 15.0 Å². The number of hydrogen-bond donors (Lipinski definition) is 2. The number of aryl methyl sites for hydroxylation is 2. The van der Waals surface area contributed by atoms with Crippen LogP contribution in [-0.2, 0) is 23.5 Å². The van der Waals surface area contributed by atoms with Gasteiger partial charge in [-0.15, -0.1) is 0 Å². The van der Waals surface area contributed by atoms with Crippen LogP contribution in [0.25, 0.3) is 22.2 Å². The lowest BCUT2D eigenvalue weighted by Crippen LogP contribution is -2.31. The largest absolute Gasteiger partial charge is 0.493 e. The average Bonchev–Trinajstić information content (AvgIpc) is 3.40. The maximum Gasteiger partial charge on any atom is 0.274 e. The molecule has 3 heterocycles. The van der Waals surface area contributed by atoms with Crippen molar-refractivity contribution in [2.75, 3.05) is 26.7 Å². The van der Waals surface area contributed by atoms with Crippen LogP contribution in [0.2, 0.25) is 0 Å². The number of fused-ring (bicyclic) bond motifs is 1. The van der Waals surface area contributed by atoms with E-state index in [1.807, 2.05) is 13.0 Å². The maximum atomic E-state index is 13.2. The van der Waals surface area contributed by atoms with Crippen LogP contribution >= 0.6 is 0 Å². The van der Waals surface area contributed by atoms with Gasteiger partial charge in [0.2, 0.25) is 10.0 Å². The Morgan fingerprint density at radius 2 is 2.00 bits per heavy atom. The van der Waals surface area contributed by atoms with Gasteiger partial charge in [0, 0.05) is 30.6 Å². The number of aromatic nitrogens is 3. The molecule has 1 unspecified atom stereocenters. The normalized spacial score (nSPS) is 16.7. The number of likely N-dealkylation sites (tertiary alicyclic amines) is 1. The number of hydrogen-bond acceptors (Lipinski definition) is 6. The van der Waals surface area contributed by atoms with Gasteiger partial charge in [0.05, 0.1) is 22.9 Å². The van der Waals surface area contributed by atoms with Gasteiger partial charge >= 0.3 is 0 Å². The van der Waals surface area contributed by atoms with Gasteiger partial charge in [-0.25, -0.2) is 13.1 Å². The number of pyridine rings is 1. The predicted molar refractivity (Wildman–Crippen MR) is 142 cm³/mol. The fourth-order valence-corrected chi connectivity index (χ4v) is 6.03. The lowest BCUT2D eigenvalue weighted by molar-refractivity contribution is 0.297. The van der Waals surface area contributed by atoms with Crippen LogP contribution in [0, 0.1) is 0 Å². The molecule has 2 N–H and O–H groups in total. The third kappa shape index (κ3) is 5.50. The number of nitrogens with zero attached hydrogens (tertiary/aromatic N) is 3. The van der Waals surface area contributed by atoms with Crippen LogP contribution in [0.15, 0.2) is 34.0 Å². The summed E-state index contributed by atoms with van der Waals surface area (Å²) in [6.45, 7) is 5.98. The Labute approximate surface area is 212 Å². The highest BCUT2D eigenvalue weighted by Gasteiger charge is 2.23. The summed E-state index contributed by atoms with van der Waals surface area (Å²) in [5.74, 6) is 0.527. The van der Waals surface area contributed by atoms with Crippen molar-refractivity contribution in [1.29, 1.82) is 0 Å². The molecule has 0 bridgehead atoms. The molecule has 3 aromatic rings. The van der Waals surface area contributed by atoms with E-state index >= 15 is 0 Å². The summed E-state index contributed by atoms with van der Waals surface area (Å²) in [5, 5.41) is 5.30. The molecule has 36 heavy (non-hydrogen) atoms. The molecule has 0 saturated carbocycles. The second-order valence-electron chi connectivity index (χ2n) is 9.56. The van der Waals surface area contributed by atoms with Crippen molar-refractivity contribution in [3.05, 3.63) is 40.3 Å². The summed E-state index contributed by atoms with van der Waals surface area (Å²) in [7, 11) is 0.106. The fraction of sp³-hybridized carbons (Fsp3) is 0.538. The van der Waals surface area contributed by atoms with Gasteiger partial charge in [0.25, 0.3) is 5.56 Å². The maximum absolute atomic E-state index is 13.2. The SMILES string of the molecule is CCCOc1ccc(S(=O)(=O)NCCC2CCCN2C)cc1-c1cc2c(CCC)nn(C)c2c(=O)[nH]1. The van der Waals surface area contributed by atoms with Crippen LogP contribution in [0.4, 0.5) is 0 Å². The monoisotopic (exact) mass is 515 g/mol. The topological polar surface area (TPSA) is 109 Å². The third-order valence-corrected chi connectivity index (χ3v) is 8.31. The number of nitrogens with one attached hydrogen (secondary N) is 2. The van der Waals surface area contributed by atoms with E-state index in [1.165, 1.54) is 0 Å².